The molecule has 0 amide bonds. The van der Waals surface area contributed by atoms with Crippen molar-refractivity contribution in [2.24, 2.45) is 0 Å². The van der Waals surface area contributed by atoms with Crippen molar-refractivity contribution in [3.63, 3.8) is 0 Å². The minimum absolute atomic E-state index is 0.0416. The van der Waals surface area contributed by atoms with Crippen molar-refractivity contribution in [1.29, 1.82) is 0 Å². The van der Waals surface area contributed by atoms with Gasteiger partial charge < -0.3 is 9.47 Å². The number of rotatable bonds is 7. The van der Waals surface area contributed by atoms with Gasteiger partial charge in [-0.2, -0.15) is 22.5 Å². The smallest absolute Gasteiger partial charge is 0.417 e. The van der Waals surface area contributed by atoms with Gasteiger partial charge in [0.1, 0.15) is 12.4 Å². The van der Waals surface area contributed by atoms with E-state index in [2.05, 4.69) is 9.97 Å². The first kappa shape index (κ1) is 23.5. The molecule has 0 aliphatic heterocycles. The standard InChI is InChI=1S/C25H17ClF4N2O2/c26-21-11-8-18(13-20(21)25(28,29)30)12-16-6-9-19(10-7-16)34-23-22(27)14-31-24(32-23)33-15-17-4-2-1-3-5-17/h1-11,13-14H,12,15H2. The highest BCUT2D eigenvalue weighted by Crippen LogP contribution is 2.35. The van der Waals surface area contributed by atoms with Crippen LogP contribution in [0.3, 0.4) is 0 Å². The summed E-state index contributed by atoms with van der Waals surface area (Å²) in [5.74, 6) is -0.780. The summed E-state index contributed by atoms with van der Waals surface area (Å²) in [4.78, 5) is 7.77. The molecule has 4 nitrogen and oxygen atoms in total. The van der Waals surface area contributed by atoms with E-state index in [0.29, 0.717) is 11.3 Å². The molecule has 0 unspecified atom stereocenters. The second-order valence-electron chi connectivity index (χ2n) is 7.31. The molecule has 4 aromatic rings. The van der Waals surface area contributed by atoms with Crippen LogP contribution in [0.15, 0.2) is 79.0 Å². The van der Waals surface area contributed by atoms with E-state index >= 15 is 0 Å². The first-order valence-electron chi connectivity index (χ1n) is 10.1. The second kappa shape index (κ2) is 10.1. The van der Waals surface area contributed by atoms with Gasteiger partial charge >= 0.3 is 12.2 Å². The van der Waals surface area contributed by atoms with E-state index in [-0.39, 0.29) is 29.9 Å². The van der Waals surface area contributed by atoms with E-state index in [1.54, 1.807) is 24.3 Å². The van der Waals surface area contributed by atoms with Crippen molar-refractivity contribution in [3.05, 3.63) is 112 Å². The quantitative estimate of drug-likeness (QED) is 0.257. The number of hydrogen-bond acceptors (Lipinski definition) is 4. The fourth-order valence-corrected chi connectivity index (χ4v) is 3.35. The lowest BCUT2D eigenvalue weighted by Gasteiger charge is -2.11. The van der Waals surface area contributed by atoms with Crippen LogP contribution in [0, 0.1) is 5.82 Å². The van der Waals surface area contributed by atoms with Crippen LogP contribution in [0.1, 0.15) is 22.3 Å². The Morgan fingerprint density at radius 2 is 1.56 bits per heavy atom. The largest absolute Gasteiger partial charge is 0.459 e. The summed E-state index contributed by atoms with van der Waals surface area (Å²) in [6.45, 7) is 0.210. The monoisotopic (exact) mass is 488 g/mol. The third kappa shape index (κ3) is 6.02. The maximum atomic E-state index is 14.1. The lowest BCUT2D eigenvalue weighted by atomic mass is 10.0. The summed E-state index contributed by atoms with van der Waals surface area (Å²) in [6.07, 6.45) is -3.33. The topological polar surface area (TPSA) is 44.2 Å². The molecule has 9 heteroatoms. The van der Waals surface area contributed by atoms with Crippen molar-refractivity contribution in [3.8, 4) is 17.6 Å². The number of ether oxygens (including phenoxy) is 2. The van der Waals surface area contributed by atoms with Gasteiger partial charge in [-0.25, -0.2) is 4.98 Å². The molecule has 0 radical (unpaired) electrons. The van der Waals surface area contributed by atoms with Gasteiger partial charge in [0.15, 0.2) is 0 Å². The van der Waals surface area contributed by atoms with Crippen LogP contribution >= 0.6 is 11.6 Å². The Balaban J connectivity index is 1.43. The highest BCUT2D eigenvalue weighted by Gasteiger charge is 2.33. The fraction of sp³-hybridized carbons (Fsp3) is 0.120. The average molecular weight is 489 g/mol. The number of alkyl halides is 3. The van der Waals surface area contributed by atoms with Gasteiger partial charge in [0.2, 0.25) is 5.82 Å². The van der Waals surface area contributed by atoms with Gasteiger partial charge in [-0.1, -0.05) is 60.1 Å². The molecule has 0 saturated carbocycles. The second-order valence-corrected chi connectivity index (χ2v) is 7.72. The molecule has 0 aliphatic rings. The van der Waals surface area contributed by atoms with Crippen LogP contribution < -0.4 is 9.47 Å². The number of benzene rings is 3. The summed E-state index contributed by atoms with van der Waals surface area (Å²) >= 11 is 5.67. The van der Waals surface area contributed by atoms with Crippen molar-refractivity contribution in [2.45, 2.75) is 19.2 Å². The Labute approximate surface area is 197 Å². The Kier molecular flexibility index (Phi) is 6.98. The van der Waals surface area contributed by atoms with Crippen LogP contribution in [0.4, 0.5) is 17.6 Å². The summed E-state index contributed by atoms with van der Waals surface area (Å²) in [5, 5.41) is -0.348. The van der Waals surface area contributed by atoms with Gasteiger partial charge in [0.05, 0.1) is 16.8 Å². The molecule has 4 rings (SSSR count). The molecule has 1 aromatic heterocycles. The lowest BCUT2D eigenvalue weighted by Crippen LogP contribution is -2.06. The van der Waals surface area contributed by atoms with Gasteiger partial charge in [-0.05, 0) is 47.4 Å². The molecule has 3 aromatic carbocycles. The van der Waals surface area contributed by atoms with Crippen molar-refractivity contribution >= 4 is 11.6 Å². The predicted octanol–water partition coefficient (Wildman–Crippen LogP) is 7.25. The Morgan fingerprint density at radius 3 is 2.26 bits per heavy atom. The van der Waals surface area contributed by atoms with Crippen LogP contribution in [0.2, 0.25) is 5.02 Å². The zero-order chi connectivity index (χ0) is 24.1. The first-order valence-corrected chi connectivity index (χ1v) is 10.5. The lowest BCUT2D eigenvalue weighted by molar-refractivity contribution is -0.137. The van der Waals surface area contributed by atoms with Gasteiger partial charge in [0.25, 0.3) is 5.88 Å². The van der Waals surface area contributed by atoms with Gasteiger partial charge in [-0.15, -0.1) is 0 Å². The molecule has 0 spiro atoms. The normalized spacial score (nSPS) is 11.3. The highest BCUT2D eigenvalue weighted by atomic mass is 35.5. The van der Waals surface area contributed by atoms with Crippen molar-refractivity contribution < 1.29 is 27.0 Å². The zero-order valence-corrected chi connectivity index (χ0v) is 18.3. The van der Waals surface area contributed by atoms with Crippen LogP contribution in [0.25, 0.3) is 0 Å². The number of aromatic nitrogens is 2. The molecule has 34 heavy (non-hydrogen) atoms. The van der Waals surface area contributed by atoms with E-state index in [1.165, 1.54) is 12.1 Å². The van der Waals surface area contributed by atoms with E-state index in [4.69, 9.17) is 21.1 Å². The summed E-state index contributed by atoms with van der Waals surface area (Å²) < 4.78 is 64.4. The molecule has 0 aliphatic carbocycles. The number of hydrogen-bond donors (Lipinski definition) is 0. The fourth-order valence-electron chi connectivity index (χ4n) is 3.12. The molecule has 0 saturated heterocycles. The predicted molar refractivity (Wildman–Crippen MR) is 119 cm³/mol. The minimum Gasteiger partial charge on any atom is -0.459 e. The Bertz CT molecular complexity index is 1270. The van der Waals surface area contributed by atoms with Crippen LogP contribution in [0.5, 0.6) is 17.6 Å². The first-order chi connectivity index (χ1) is 16.3. The van der Waals surface area contributed by atoms with E-state index in [9.17, 15) is 17.6 Å². The molecule has 0 bridgehead atoms. The average Bonchev–Trinajstić information content (AvgIpc) is 2.82. The third-order valence-electron chi connectivity index (χ3n) is 4.78. The minimum atomic E-state index is -4.53. The molecule has 0 N–H and O–H groups in total. The molecular formula is C25H17ClF4N2O2. The maximum Gasteiger partial charge on any atom is 0.417 e. The van der Waals surface area contributed by atoms with Crippen molar-refractivity contribution in [1.82, 2.24) is 9.97 Å². The molecular weight excluding hydrogens is 472 g/mol. The van der Waals surface area contributed by atoms with E-state index in [0.717, 1.165) is 23.4 Å². The molecule has 1 heterocycles. The number of halogens is 5. The zero-order valence-electron chi connectivity index (χ0n) is 17.5. The summed E-state index contributed by atoms with van der Waals surface area (Å²) in [6, 6.07) is 19.6. The van der Waals surface area contributed by atoms with Crippen molar-refractivity contribution in [2.75, 3.05) is 0 Å². The Morgan fingerprint density at radius 1 is 0.853 bits per heavy atom. The summed E-state index contributed by atoms with van der Waals surface area (Å²) in [7, 11) is 0. The maximum absolute atomic E-state index is 14.1. The molecule has 0 atom stereocenters. The van der Waals surface area contributed by atoms with Gasteiger partial charge in [-0.3, -0.25) is 0 Å². The van der Waals surface area contributed by atoms with Crippen LogP contribution in [-0.2, 0) is 19.2 Å². The van der Waals surface area contributed by atoms with Gasteiger partial charge in [0, 0.05) is 0 Å². The number of nitrogens with zero attached hydrogens (tertiary/aromatic N) is 2. The highest BCUT2D eigenvalue weighted by molar-refractivity contribution is 6.31. The SMILES string of the molecule is Fc1cnc(OCc2ccccc2)nc1Oc1ccc(Cc2ccc(Cl)c(C(F)(F)F)c2)cc1. The molecule has 0 fully saturated rings. The van der Waals surface area contributed by atoms with Crippen LogP contribution in [-0.4, -0.2) is 9.97 Å². The van der Waals surface area contributed by atoms with E-state index in [1.807, 2.05) is 30.3 Å². The third-order valence-corrected chi connectivity index (χ3v) is 5.11. The molecule has 174 valence electrons. The summed E-state index contributed by atoms with van der Waals surface area (Å²) in [5.41, 5.74) is 1.21. The Hall–Kier alpha value is -3.65. The van der Waals surface area contributed by atoms with E-state index < -0.39 is 17.6 Å².